The molecule has 1 radical (unpaired) electrons. The molecule has 1 nitrogen and oxygen atoms in total. The second kappa shape index (κ2) is 5.57. The quantitative estimate of drug-likeness (QED) is 0.797. The van der Waals surface area contributed by atoms with Crippen molar-refractivity contribution in [1.82, 2.24) is 0 Å². The molecule has 3 heteroatoms. The first kappa shape index (κ1) is 13.2. The van der Waals surface area contributed by atoms with Crippen molar-refractivity contribution in [2.24, 2.45) is 0 Å². The van der Waals surface area contributed by atoms with E-state index in [1.54, 1.807) is 0 Å². The summed E-state index contributed by atoms with van der Waals surface area (Å²) in [4.78, 5) is 0. The number of hydrogen-bond acceptors (Lipinski definition) is 1. The highest BCUT2D eigenvalue weighted by atomic mass is 79.9. The zero-order chi connectivity index (χ0) is 12.4. The Morgan fingerprint density at radius 3 is 2.71 bits per heavy atom. The van der Waals surface area contributed by atoms with Crippen LogP contribution in [0.1, 0.15) is 26.3 Å². The molecule has 93 valence electrons. The van der Waals surface area contributed by atoms with Gasteiger partial charge in [0, 0.05) is 10.5 Å². The molecule has 0 saturated heterocycles. The minimum absolute atomic E-state index is 0.205. The molecule has 0 aliphatic carbocycles. The maximum absolute atomic E-state index is 3.71. The molecular formula is C14H21BrNSi. The molecule has 0 fully saturated rings. The van der Waals surface area contributed by atoms with Crippen LogP contribution in [0.3, 0.4) is 0 Å². The third-order valence-corrected chi connectivity index (χ3v) is 8.18. The summed E-state index contributed by atoms with van der Waals surface area (Å²) < 4.78 is 1.21. The van der Waals surface area contributed by atoms with Crippen LogP contribution in [0, 0.1) is 0 Å². The van der Waals surface area contributed by atoms with E-state index in [1.165, 1.54) is 34.2 Å². The lowest BCUT2D eigenvalue weighted by Crippen LogP contribution is -2.37. The van der Waals surface area contributed by atoms with Gasteiger partial charge >= 0.3 is 0 Å². The van der Waals surface area contributed by atoms with Crippen LogP contribution < -0.4 is 5.32 Å². The Bertz CT molecular complexity index is 390. The van der Waals surface area contributed by atoms with Crippen molar-refractivity contribution < 1.29 is 0 Å². The standard InChI is InChI=1S/C14H21BrNSi/c1-4-17(5-2)13-9-11-7-6-8-12(15)14(11)16-10(13)3/h6-8,10,13,16H,4-5,9H2,1-3H3. The van der Waals surface area contributed by atoms with E-state index >= 15 is 0 Å². The fourth-order valence-corrected chi connectivity index (χ4v) is 6.28. The SMILES string of the molecule is CC[Si](CC)C1Cc2cccc(Br)c2NC1C. The van der Waals surface area contributed by atoms with Crippen LogP contribution in [0.15, 0.2) is 22.7 Å². The van der Waals surface area contributed by atoms with Crippen molar-refractivity contribution in [1.29, 1.82) is 0 Å². The van der Waals surface area contributed by atoms with Crippen molar-refractivity contribution in [2.45, 2.75) is 50.9 Å². The number of hydrogen-bond donors (Lipinski definition) is 1. The van der Waals surface area contributed by atoms with Crippen LogP contribution in [0.4, 0.5) is 5.69 Å². The van der Waals surface area contributed by atoms with E-state index in [0.717, 1.165) is 5.54 Å². The van der Waals surface area contributed by atoms with Crippen LogP contribution in [-0.2, 0) is 6.42 Å². The van der Waals surface area contributed by atoms with E-state index in [4.69, 9.17) is 0 Å². The molecule has 1 heterocycles. The van der Waals surface area contributed by atoms with Gasteiger partial charge in [0.2, 0.25) is 0 Å². The Morgan fingerprint density at radius 1 is 1.35 bits per heavy atom. The van der Waals surface area contributed by atoms with Gasteiger partial charge in [-0.2, -0.15) is 0 Å². The average molecular weight is 311 g/mol. The molecule has 0 bridgehead atoms. The smallest absolute Gasteiger partial charge is 0.0534 e. The van der Waals surface area contributed by atoms with E-state index in [1.807, 2.05) is 0 Å². The van der Waals surface area contributed by atoms with Crippen molar-refractivity contribution in [2.75, 3.05) is 5.32 Å². The first-order chi connectivity index (χ1) is 8.17. The number of halogens is 1. The van der Waals surface area contributed by atoms with Gasteiger partial charge in [0.1, 0.15) is 0 Å². The van der Waals surface area contributed by atoms with E-state index in [-0.39, 0.29) is 8.80 Å². The average Bonchev–Trinajstić information content (AvgIpc) is 2.33. The monoisotopic (exact) mass is 310 g/mol. The van der Waals surface area contributed by atoms with Gasteiger partial charge < -0.3 is 5.32 Å². The van der Waals surface area contributed by atoms with E-state index < -0.39 is 0 Å². The summed E-state index contributed by atoms with van der Waals surface area (Å²) in [5, 5.41) is 3.71. The van der Waals surface area contributed by atoms with Gasteiger partial charge in [-0.05, 0) is 46.4 Å². The molecule has 2 rings (SSSR count). The van der Waals surface area contributed by atoms with Crippen LogP contribution in [0.5, 0.6) is 0 Å². The number of anilines is 1. The number of benzene rings is 1. The van der Waals surface area contributed by atoms with Crippen molar-refractivity contribution >= 4 is 30.4 Å². The molecule has 1 aliphatic rings. The second-order valence-corrected chi connectivity index (χ2v) is 9.21. The number of fused-ring (bicyclic) bond motifs is 1. The van der Waals surface area contributed by atoms with E-state index in [0.29, 0.717) is 6.04 Å². The van der Waals surface area contributed by atoms with Crippen LogP contribution in [-0.4, -0.2) is 14.8 Å². The minimum atomic E-state index is -0.205. The Kier molecular flexibility index (Phi) is 4.31. The molecule has 1 N–H and O–H groups in total. The third-order valence-electron chi connectivity index (χ3n) is 3.95. The van der Waals surface area contributed by atoms with Gasteiger partial charge in [0.25, 0.3) is 0 Å². The molecule has 1 aromatic carbocycles. The molecule has 2 unspecified atom stereocenters. The van der Waals surface area contributed by atoms with Gasteiger partial charge in [-0.15, -0.1) is 0 Å². The fraction of sp³-hybridized carbons (Fsp3) is 0.571. The molecule has 17 heavy (non-hydrogen) atoms. The highest BCUT2D eigenvalue weighted by Crippen LogP contribution is 2.38. The molecule has 1 aliphatic heterocycles. The Morgan fingerprint density at radius 2 is 2.06 bits per heavy atom. The maximum atomic E-state index is 3.71. The van der Waals surface area contributed by atoms with Gasteiger partial charge in [-0.25, -0.2) is 0 Å². The molecule has 2 atom stereocenters. The molecule has 1 aromatic rings. The van der Waals surface area contributed by atoms with Crippen LogP contribution in [0.25, 0.3) is 0 Å². The predicted octanol–water partition coefficient (Wildman–Crippen LogP) is 4.71. The minimum Gasteiger partial charge on any atom is -0.381 e. The summed E-state index contributed by atoms with van der Waals surface area (Å²) in [7, 11) is -0.205. The van der Waals surface area contributed by atoms with Crippen LogP contribution in [0.2, 0.25) is 17.6 Å². The first-order valence-corrected chi connectivity index (χ1v) is 9.34. The van der Waals surface area contributed by atoms with Gasteiger partial charge in [-0.3, -0.25) is 0 Å². The number of nitrogens with one attached hydrogen (secondary N) is 1. The predicted molar refractivity (Wildman–Crippen MR) is 81.4 cm³/mol. The lowest BCUT2D eigenvalue weighted by Gasteiger charge is -2.36. The maximum Gasteiger partial charge on any atom is 0.0534 e. The Labute approximate surface area is 115 Å². The lowest BCUT2D eigenvalue weighted by atomic mass is 9.98. The largest absolute Gasteiger partial charge is 0.381 e. The molecule has 0 saturated carbocycles. The molecule has 0 spiro atoms. The zero-order valence-corrected chi connectivity index (χ0v) is 13.5. The highest BCUT2D eigenvalue weighted by Gasteiger charge is 2.31. The highest BCUT2D eigenvalue weighted by molar-refractivity contribution is 9.10. The zero-order valence-electron chi connectivity index (χ0n) is 10.9. The molecule has 0 aromatic heterocycles. The summed E-state index contributed by atoms with van der Waals surface area (Å²) in [6.45, 7) is 7.07. The van der Waals surface area contributed by atoms with E-state index in [2.05, 4.69) is 60.2 Å². The first-order valence-electron chi connectivity index (χ1n) is 6.55. The van der Waals surface area contributed by atoms with Crippen LogP contribution >= 0.6 is 15.9 Å². The van der Waals surface area contributed by atoms with Crippen molar-refractivity contribution in [3.63, 3.8) is 0 Å². The Balaban J connectivity index is 2.27. The Hall–Kier alpha value is -0.283. The fourth-order valence-electron chi connectivity index (χ4n) is 2.91. The number of rotatable bonds is 3. The van der Waals surface area contributed by atoms with Crippen molar-refractivity contribution in [3.8, 4) is 0 Å². The summed E-state index contributed by atoms with van der Waals surface area (Å²) in [5.74, 6) is 0. The second-order valence-electron chi connectivity index (χ2n) is 4.88. The molecule has 0 amide bonds. The summed E-state index contributed by atoms with van der Waals surface area (Å²) in [6, 6.07) is 9.96. The van der Waals surface area contributed by atoms with Crippen molar-refractivity contribution in [3.05, 3.63) is 28.2 Å². The topological polar surface area (TPSA) is 12.0 Å². The summed E-state index contributed by atoms with van der Waals surface area (Å²) >= 11 is 3.65. The van der Waals surface area contributed by atoms with Gasteiger partial charge in [0.15, 0.2) is 0 Å². The normalized spacial score (nSPS) is 23.4. The number of para-hydroxylation sites is 1. The van der Waals surface area contributed by atoms with E-state index in [9.17, 15) is 0 Å². The lowest BCUT2D eigenvalue weighted by molar-refractivity contribution is 0.659. The van der Waals surface area contributed by atoms with Gasteiger partial charge in [-0.1, -0.05) is 38.1 Å². The summed E-state index contributed by atoms with van der Waals surface area (Å²) in [6.07, 6.45) is 1.26. The van der Waals surface area contributed by atoms with Gasteiger partial charge in [0.05, 0.1) is 14.5 Å². The third kappa shape index (κ3) is 2.60. The molecular weight excluding hydrogens is 290 g/mol. The summed E-state index contributed by atoms with van der Waals surface area (Å²) in [5.41, 5.74) is 3.69.